The van der Waals surface area contributed by atoms with Gasteiger partial charge in [0.2, 0.25) is 0 Å². The minimum atomic E-state index is -0.386. The van der Waals surface area contributed by atoms with Gasteiger partial charge in [-0.05, 0) is 53.8 Å². The normalized spacial score (nSPS) is 10.9. The Morgan fingerprint density at radius 3 is 2.69 bits per heavy atom. The van der Waals surface area contributed by atoms with Crippen LogP contribution in [-0.4, -0.2) is 12.5 Å². The molecule has 2 N–H and O–H groups in total. The third-order valence-corrected chi connectivity index (χ3v) is 4.89. The molecule has 0 saturated heterocycles. The number of fused-ring (bicyclic) bond motifs is 1. The van der Waals surface area contributed by atoms with E-state index < -0.39 is 0 Å². The van der Waals surface area contributed by atoms with Crippen molar-refractivity contribution in [3.05, 3.63) is 87.8 Å². The maximum Gasteiger partial charge on any atom is 0.336 e. The summed E-state index contributed by atoms with van der Waals surface area (Å²) in [6.45, 7) is 10.7. The van der Waals surface area contributed by atoms with Crippen molar-refractivity contribution in [3.63, 3.8) is 0 Å². The summed E-state index contributed by atoms with van der Waals surface area (Å²) in [5.74, 6) is 0.185. The first-order valence-electron chi connectivity index (χ1n) is 9.70. The van der Waals surface area contributed by atoms with Crippen LogP contribution in [0.1, 0.15) is 46.8 Å². The van der Waals surface area contributed by atoms with Gasteiger partial charge in [-0.2, -0.15) is 0 Å². The van der Waals surface area contributed by atoms with Crippen molar-refractivity contribution in [2.24, 2.45) is 0 Å². The molecular weight excluding hydrogens is 364 g/mol. The number of nitrogens with one attached hydrogen (secondary N) is 2. The molecule has 0 bridgehead atoms. The van der Waals surface area contributed by atoms with Crippen molar-refractivity contribution in [1.82, 2.24) is 5.32 Å². The number of para-hydroxylation sites is 1. The van der Waals surface area contributed by atoms with Gasteiger partial charge in [0.1, 0.15) is 5.58 Å². The topological polar surface area (TPSA) is 71.3 Å². The fourth-order valence-corrected chi connectivity index (χ4v) is 3.45. The zero-order valence-corrected chi connectivity index (χ0v) is 17.0. The predicted octanol–water partition coefficient (Wildman–Crippen LogP) is 4.75. The zero-order chi connectivity index (χ0) is 21.0. The van der Waals surface area contributed by atoms with Crippen molar-refractivity contribution in [2.45, 2.75) is 33.2 Å². The molecule has 0 aliphatic carbocycles. The Kier molecular flexibility index (Phi) is 6.17. The number of carbonyl (C=O) groups excluding carboxylic acids is 1. The number of aryl methyl sites for hydroxylation is 1. The molecule has 5 nitrogen and oxygen atoms in total. The quantitative estimate of drug-likeness (QED) is 0.451. The number of carbonyl (C=O) groups is 1. The van der Waals surface area contributed by atoms with Crippen LogP contribution in [0, 0.1) is 6.92 Å². The fourth-order valence-electron chi connectivity index (χ4n) is 3.45. The molecule has 0 aliphatic heterocycles. The van der Waals surface area contributed by atoms with Crippen LogP contribution in [-0.2, 0) is 6.54 Å². The lowest BCUT2D eigenvalue weighted by atomic mass is 9.95. The number of rotatable bonds is 7. The first-order valence-corrected chi connectivity index (χ1v) is 9.70. The van der Waals surface area contributed by atoms with Gasteiger partial charge < -0.3 is 15.1 Å². The third kappa shape index (κ3) is 4.57. The van der Waals surface area contributed by atoms with Gasteiger partial charge in [-0.15, -0.1) is 6.58 Å². The van der Waals surface area contributed by atoms with E-state index >= 15 is 0 Å². The van der Waals surface area contributed by atoms with E-state index in [0.717, 1.165) is 16.5 Å². The summed E-state index contributed by atoms with van der Waals surface area (Å²) in [6.07, 6.45) is 1.64. The second-order valence-electron chi connectivity index (χ2n) is 7.35. The van der Waals surface area contributed by atoms with Crippen molar-refractivity contribution in [1.29, 1.82) is 0 Å². The van der Waals surface area contributed by atoms with E-state index in [2.05, 4.69) is 37.1 Å². The molecule has 3 aromatic rings. The molecule has 0 aliphatic rings. The van der Waals surface area contributed by atoms with Crippen molar-refractivity contribution >= 4 is 22.6 Å². The van der Waals surface area contributed by atoms with Gasteiger partial charge in [0.15, 0.2) is 0 Å². The average Bonchev–Trinajstić information content (AvgIpc) is 2.69. The zero-order valence-electron chi connectivity index (χ0n) is 17.0. The van der Waals surface area contributed by atoms with Gasteiger partial charge >= 0.3 is 5.63 Å². The van der Waals surface area contributed by atoms with E-state index in [1.165, 1.54) is 11.6 Å². The molecule has 0 spiro atoms. The molecule has 150 valence electrons. The lowest BCUT2D eigenvalue weighted by molar-refractivity contribution is 0.0959. The lowest BCUT2D eigenvalue weighted by Crippen LogP contribution is -2.24. The summed E-state index contributed by atoms with van der Waals surface area (Å²) < 4.78 is 5.42. The minimum absolute atomic E-state index is 0.178. The second-order valence-corrected chi connectivity index (χ2v) is 7.35. The van der Waals surface area contributed by atoms with Gasteiger partial charge in [0.05, 0.1) is 5.56 Å². The summed E-state index contributed by atoms with van der Waals surface area (Å²) in [5.41, 5.74) is 4.59. The van der Waals surface area contributed by atoms with Gasteiger partial charge in [0.25, 0.3) is 5.91 Å². The van der Waals surface area contributed by atoms with Crippen LogP contribution in [0.3, 0.4) is 0 Å². The second kappa shape index (κ2) is 8.78. The smallest absolute Gasteiger partial charge is 0.336 e. The molecule has 0 radical (unpaired) electrons. The first kappa shape index (κ1) is 20.4. The molecule has 2 aromatic carbocycles. The lowest BCUT2D eigenvalue weighted by Gasteiger charge is -2.15. The van der Waals surface area contributed by atoms with Crippen molar-refractivity contribution < 1.29 is 9.21 Å². The van der Waals surface area contributed by atoms with E-state index in [4.69, 9.17) is 4.42 Å². The molecular formula is C24H26N2O3. The van der Waals surface area contributed by atoms with Gasteiger partial charge in [-0.3, -0.25) is 4.79 Å². The summed E-state index contributed by atoms with van der Waals surface area (Å²) in [6, 6.07) is 12.8. The molecule has 1 amide bonds. The molecule has 0 fully saturated rings. The van der Waals surface area contributed by atoms with E-state index in [0.29, 0.717) is 35.8 Å². The first-order chi connectivity index (χ1) is 13.9. The van der Waals surface area contributed by atoms with E-state index in [1.807, 2.05) is 31.2 Å². The summed E-state index contributed by atoms with van der Waals surface area (Å²) in [4.78, 5) is 24.5. The fraction of sp³-hybridized carbons (Fsp3) is 0.250. The Balaban J connectivity index is 1.95. The molecule has 0 unspecified atom stereocenters. The largest absolute Gasteiger partial charge is 0.423 e. The monoisotopic (exact) mass is 390 g/mol. The van der Waals surface area contributed by atoms with Crippen LogP contribution in [0.25, 0.3) is 11.0 Å². The van der Waals surface area contributed by atoms with Crippen LogP contribution in [0.4, 0.5) is 5.69 Å². The van der Waals surface area contributed by atoms with Crippen molar-refractivity contribution in [3.8, 4) is 0 Å². The maximum absolute atomic E-state index is 12.4. The molecule has 29 heavy (non-hydrogen) atoms. The Hall–Kier alpha value is -3.34. The average molecular weight is 390 g/mol. The van der Waals surface area contributed by atoms with Crippen LogP contribution in [0.5, 0.6) is 0 Å². The Morgan fingerprint density at radius 2 is 1.97 bits per heavy atom. The molecule has 1 aromatic heterocycles. The van der Waals surface area contributed by atoms with Gasteiger partial charge in [-0.25, -0.2) is 4.79 Å². The minimum Gasteiger partial charge on any atom is -0.423 e. The maximum atomic E-state index is 12.4. The Bertz CT molecular complexity index is 1110. The van der Waals surface area contributed by atoms with Crippen LogP contribution >= 0.6 is 0 Å². The summed E-state index contributed by atoms with van der Waals surface area (Å²) in [7, 11) is 0. The van der Waals surface area contributed by atoms with E-state index in [-0.39, 0.29) is 11.5 Å². The number of benzene rings is 2. The summed E-state index contributed by atoms with van der Waals surface area (Å²) >= 11 is 0. The molecule has 0 atom stereocenters. The SMILES string of the molecule is C=CCNC(=O)c1ccccc1NCc1cc(=O)oc2cc(C)c(C(C)C)cc12. The van der Waals surface area contributed by atoms with Crippen LogP contribution in [0.2, 0.25) is 0 Å². The molecule has 0 saturated carbocycles. The Morgan fingerprint density at radius 1 is 1.21 bits per heavy atom. The number of anilines is 1. The van der Waals surface area contributed by atoms with Crippen LogP contribution in [0.15, 0.2) is 64.3 Å². The molecule has 5 heteroatoms. The standard InChI is InChI=1S/C24H26N2O3/c1-5-10-25-24(28)18-8-6-7-9-21(18)26-14-17-12-23(27)29-22-11-16(4)19(15(2)3)13-20(17)22/h5-9,11-13,15,26H,1,10,14H2,2-4H3,(H,25,28). The molecule has 1 heterocycles. The Labute approximate surface area is 170 Å². The van der Waals surface area contributed by atoms with Crippen molar-refractivity contribution in [2.75, 3.05) is 11.9 Å². The van der Waals surface area contributed by atoms with Gasteiger partial charge in [-0.1, -0.05) is 32.1 Å². The van der Waals surface area contributed by atoms with Gasteiger partial charge in [0, 0.05) is 30.2 Å². The number of hydrogen-bond acceptors (Lipinski definition) is 4. The molecule has 3 rings (SSSR count). The number of amides is 1. The summed E-state index contributed by atoms with van der Waals surface area (Å²) in [5, 5.41) is 7.00. The third-order valence-electron chi connectivity index (χ3n) is 4.89. The highest BCUT2D eigenvalue weighted by molar-refractivity contribution is 5.99. The van der Waals surface area contributed by atoms with Crippen LogP contribution < -0.4 is 16.3 Å². The highest BCUT2D eigenvalue weighted by Gasteiger charge is 2.13. The van der Waals surface area contributed by atoms with E-state index in [9.17, 15) is 9.59 Å². The predicted molar refractivity (Wildman–Crippen MR) is 118 cm³/mol. The van der Waals surface area contributed by atoms with E-state index in [1.54, 1.807) is 12.1 Å². The highest BCUT2D eigenvalue weighted by atomic mass is 16.4. The highest BCUT2D eigenvalue weighted by Crippen LogP contribution is 2.27. The number of hydrogen-bond donors (Lipinski definition) is 2.